The first-order valence-electron chi connectivity index (χ1n) is 8.39. The van der Waals surface area contributed by atoms with Crippen LogP contribution in [0.3, 0.4) is 0 Å². The number of aryl methyl sites for hydroxylation is 2. The molecule has 2 aromatic carbocycles. The lowest BCUT2D eigenvalue weighted by Gasteiger charge is -2.07. The molecule has 0 aliphatic carbocycles. The van der Waals surface area contributed by atoms with Crippen LogP contribution in [-0.4, -0.2) is 9.38 Å². The van der Waals surface area contributed by atoms with Crippen LogP contribution < -0.4 is 0 Å². The quantitative estimate of drug-likeness (QED) is 0.485. The number of rotatable bonds is 3. The van der Waals surface area contributed by atoms with E-state index in [-0.39, 0.29) is 0 Å². The summed E-state index contributed by atoms with van der Waals surface area (Å²) in [5.41, 5.74) is 8.10. The van der Waals surface area contributed by atoms with E-state index in [1.807, 2.05) is 6.07 Å². The summed E-state index contributed by atoms with van der Waals surface area (Å²) in [6, 6.07) is 23.5. The summed E-state index contributed by atoms with van der Waals surface area (Å²) in [7, 11) is 0. The summed E-state index contributed by atoms with van der Waals surface area (Å²) in [6.45, 7) is 4.29. The molecule has 2 heteroatoms. The normalized spacial score (nSPS) is 11.1. The SMILES string of the molecule is CCc1ccn2c(-c3ccc(C)cc3)c(-c3ccccc3)nc2c1. The zero-order valence-electron chi connectivity index (χ0n) is 14.0. The molecule has 0 radical (unpaired) electrons. The number of nitrogens with zero attached hydrogens (tertiary/aromatic N) is 2. The summed E-state index contributed by atoms with van der Waals surface area (Å²) in [4.78, 5) is 4.95. The highest BCUT2D eigenvalue weighted by atomic mass is 15.0. The van der Waals surface area contributed by atoms with Gasteiger partial charge >= 0.3 is 0 Å². The summed E-state index contributed by atoms with van der Waals surface area (Å²) in [5, 5.41) is 0. The number of pyridine rings is 1. The van der Waals surface area contributed by atoms with Crippen LogP contribution in [0, 0.1) is 6.92 Å². The monoisotopic (exact) mass is 312 g/mol. The first-order chi connectivity index (χ1) is 11.8. The minimum Gasteiger partial charge on any atom is -0.299 e. The van der Waals surface area contributed by atoms with E-state index in [1.165, 1.54) is 16.7 Å². The molecule has 2 aromatic heterocycles. The van der Waals surface area contributed by atoms with E-state index < -0.39 is 0 Å². The van der Waals surface area contributed by atoms with Crippen molar-refractivity contribution in [2.24, 2.45) is 0 Å². The van der Waals surface area contributed by atoms with E-state index in [9.17, 15) is 0 Å². The lowest BCUT2D eigenvalue weighted by Crippen LogP contribution is -1.91. The average Bonchev–Trinajstić information content (AvgIpc) is 3.01. The van der Waals surface area contributed by atoms with Crippen LogP contribution in [0.2, 0.25) is 0 Å². The van der Waals surface area contributed by atoms with Crippen molar-refractivity contribution in [2.75, 3.05) is 0 Å². The fourth-order valence-electron chi connectivity index (χ4n) is 3.09. The van der Waals surface area contributed by atoms with Gasteiger partial charge in [-0.3, -0.25) is 4.40 Å². The van der Waals surface area contributed by atoms with Gasteiger partial charge in [0.2, 0.25) is 0 Å². The van der Waals surface area contributed by atoms with E-state index >= 15 is 0 Å². The third-order valence-electron chi connectivity index (χ3n) is 4.47. The molecule has 0 N–H and O–H groups in total. The van der Waals surface area contributed by atoms with Crippen molar-refractivity contribution in [1.82, 2.24) is 9.38 Å². The molecule has 118 valence electrons. The Morgan fingerprint density at radius 1 is 0.875 bits per heavy atom. The second-order valence-electron chi connectivity index (χ2n) is 6.16. The molecular weight excluding hydrogens is 292 g/mol. The minimum absolute atomic E-state index is 1.00. The Morgan fingerprint density at radius 3 is 2.33 bits per heavy atom. The molecule has 0 saturated carbocycles. The van der Waals surface area contributed by atoms with Gasteiger partial charge in [0.25, 0.3) is 0 Å². The van der Waals surface area contributed by atoms with Crippen LogP contribution in [0.5, 0.6) is 0 Å². The highest BCUT2D eigenvalue weighted by Crippen LogP contribution is 2.33. The predicted octanol–water partition coefficient (Wildman–Crippen LogP) is 5.54. The smallest absolute Gasteiger partial charge is 0.138 e. The lowest BCUT2D eigenvalue weighted by molar-refractivity contribution is 1.10. The van der Waals surface area contributed by atoms with Crippen LogP contribution >= 0.6 is 0 Å². The molecule has 0 spiro atoms. The third-order valence-corrected chi connectivity index (χ3v) is 4.47. The number of fused-ring (bicyclic) bond motifs is 1. The maximum atomic E-state index is 4.95. The van der Waals surface area contributed by atoms with Gasteiger partial charge in [0.15, 0.2) is 0 Å². The Morgan fingerprint density at radius 2 is 1.62 bits per heavy atom. The number of benzene rings is 2. The Bertz CT molecular complexity index is 980. The fraction of sp³-hybridized carbons (Fsp3) is 0.136. The van der Waals surface area contributed by atoms with Crippen molar-refractivity contribution in [2.45, 2.75) is 20.3 Å². The van der Waals surface area contributed by atoms with E-state index in [0.717, 1.165) is 29.0 Å². The van der Waals surface area contributed by atoms with E-state index in [4.69, 9.17) is 4.98 Å². The lowest BCUT2D eigenvalue weighted by atomic mass is 10.0. The largest absolute Gasteiger partial charge is 0.299 e. The molecule has 4 aromatic rings. The highest BCUT2D eigenvalue weighted by molar-refractivity contribution is 5.82. The van der Waals surface area contributed by atoms with E-state index in [1.54, 1.807) is 0 Å². The Kier molecular flexibility index (Phi) is 3.66. The van der Waals surface area contributed by atoms with Gasteiger partial charge in [-0.25, -0.2) is 4.98 Å². The van der Waals surface area contributed by atoms with Gasteiger partial charge in [-0.15, -0.1) is 0 Å². The van der Waals surface area contributed by atoms with Gasteiger partial charge in [0.05, 0.1) is 11.4 Å². The second kappa shape index (κ2) is 5.97. The fourth-order valence-corrected chi connectivity index (χ4v) is 3.09. The standard InChI is InChI=1S/C22H20N2/c1-3-17-13-14-24-20(15-17)23-21(18-7-5-4-6-8-18)22(24)19-11-9-16(2)10-12-19/h4-15H,3H2,1-2H3. The first-order valence-corrected chi connectivity index (χ1v) is 8.39. The molecular formula is C22H20N2. The van der Waals surface area contributed by atoms with Crippen molar-refractivity contribution in [3.63, 3.8) is 0 Å². The maximum absolute atomic E-state index is 4.95. The predicted molar refractivity (Wildman–Crippen MR) is 100 cm³/mol. The van der Waals surface area contributed by atoms with Crippen molar-refractivity contribution < 1.29 is 0 Å². The molecule has 2 nitrogen and oxygen atoms in total. The molecule has 2 heterocycles. The van der Waals surface area contributed by atoms with Gasteiger partial charge in [0, 0.05) is 17.3 Å². The molecule has 0 fully saturated rings. The first kappa shape index (κ1) is 14.7. The summed E-state index contributed by atoms with van der Waals surface area (Å²) in [5.74, 6) is 0. The van der Waals surface area contributed by atoms with Crippen molar-refractivity contribution in [3.8, 4) is 22.5 Å². The van der Waals surface area contributed by atoms with Crippen LogP contribution in [-0.2, 0) is 6.42 Å². The molecule has 0 aliphatic heterocycles. The van der Waals surface area contributed by atoms with Crippen molar-refractivity contribution >= 4 is 5.65 Å². The van der Waals surface area contributed by atoms with Crippen LogP contribution in [0.15, 0.2) is 72.9 Å². The minimum atomic E-state index is 1.00. The van der Waals surface area contributed by atoms with Crippen molar-refractivity contribution in [3.05, 3.63) is 84.1 Å². The number of imidazole rings is 1. The summed E-state index contributed by atoms with van der Waals surface area (Å²) >= 11 is 0. The zero-order chi connectivity index (χ0) is 16.5. The van der Waals surface area contributed by atoms with Crippen LogP contribution in [0.4, 0.5) is 0 Å². The van der Waals surface area contributed by atoms with Gasteiger partial charge in [-0.05, 0) is 31.0 Å². The highest BCUT2D eigenvalue weighted by Gasteiger charge is 2.15. The molecule has 0 atom stereocenters. The molecule has 0 unspecified atom stereocenters. The molecule has 0 aliphatic rings. The Labute approximate surface area is 142 Å². The van der Waals surface area contributed by atoms with Crippen LogP contribution in [0.25, 0.3) is 28.2 Å². The van der Waals surface area contributed by atoms with E-state index in [0.29, 0.717) is 0 Å². The molecule has 4 rings (SSSR count). The molecule has 24 heavy (non-hydrogen) atoms. The number of hydrogen-bond donors (Lipinski definition) is 0. The number of aromatic nitrogens is 2. The topological polar surface area (TPSA) is 17.3 Å². The maximum Gasteiger partial charge on any atom is 0.138 e. The van der Waals surface area contributed by atoms with Crippen LogP contribution in [0.1, 0.15) is 18.1 Å². The van der Waals surface area contributed by atoms with Crippen molar-refractivity contribution in [1.29, 1.82) is 0 Å². The molecule has 0 amide bonds. The summed E-state index contributed by atoms with van der Waals surface area (Å²) < 4.78 is 2.20. The second-order valence-corrected chi connectivity index (χ2v) is 6.16. The average molecular weight is 312 g/mol. The molecule has 0 saturated heterocycles. The number of hydrogen-bond acceptors (Lipinski definition) is 1. The zero-order valence-corrected chi connectivity index (χ0v) is 14.0. The Balaban J connectivity index is 2.02. The van der Waals surface area contributed by atoms with Gasteiger partial charge in [-0.1, -0.05) is 67.1 Å². The van der Waals surface area contributed by atoms with Gasteiger partial charge < -0.3 is 0 Å². The van der Waals surface area contributed by atoms with Gasteiger partial charge in [0.1, 0.15) is 5.65 Å². The third kappa shape index (κ3) is 2.50. The van der Waals surface area contributed by atoms with E-state index in [2.05, 4.69) is 85.1 Å². The Hall–Kier alpha value is -2.87. The summed E-state index contributed by atoms with van der Waals surface area (Å²) in [6.07, 6.45) is 3.16. The van der Waals surface area contributed by atoms with Gasteiger partial charge in [-0.2, -0.15) is 0 Å². The molecule has 0 bridgehead atoms.